The zero-order valence-electron chi connectivity index (χ0n) is 19.3. The molecule has 0 aliphatic heterocycles. The monoisotopic (exact) mass is 540 g/mol. The largest absolute Gasteiger partial charge is 2.00 e. The van der Waals surface area contributed by atoms with E-state index in [0.717, 1.165) is 0 Å². The molecule has 14 nitrogen and oxygen atoms in total. The molecule has 0 fully saturated rings. The van der Waals surface area contributed by atoms with Crippen LogP contribution in [0.1, 0.15) is 25.7 Å². The summed E-state index contributed by atoms with van der Waals surface area (Å²) >= 11 is 0. The van der Waals surface area contributed by atoms with Gasteiger partial charge in [-0.3, -0.25) is 0 Å². The zero-order valence-corrected chi connectivity index (χ0v) is 32.7. The molecule has 0 bridgehead atoms. The molecule has 2 N–H and O–H groups in total. The van der Waals surface area contributed by atoms with Crippen LogP contribution in [-0.2, 0) is 28.8 Å². The molecule has 0 atom stereocenters. The van der Waals surface area contributed by atoms with Crippen molar-refractivity contribution in [3.8, 4) is 0 Å². The van der Waals surface area contributed by atoms with Crippen molar-refractivity contribution < 1.29 is 247 Å². The van der Waals surface area contributed by atoms with Crippen LogP contribution in [0.25, 0.3) is 0 Å². The number of aliphatic carboxylic acids is 6. The van der Waals surface area contributed by atoms with E-state index in [4.69, 9.17) is 10.2 Å². The summed E-state index contributed by atoms with van der Waals surface area (Å²) in [5.41, 5.74) is -5.95. The fraction of sp³-hybridized carbons (Fsp3) is 0.500. The van der Waals surface area contributed by atoms with Crippen molar-refractivity contribution in [2.75, 3.05) is 0 Å². The minimum Gasteiger partial charge on any atom is -0.550 e. The summed E-state index contributed by atoms with van der Waals surface area (Å²) in [6.07, 6.45) is -5.43. The van der Waals surface area contributed by atoms with E-state index in [0.29, 0.717) is 0 Å². The SMILES string of the molecule is O=C([O-])CC(O)(CC(=O)[O-])C(=O)[O-].O=C([O-])CC(O)(CC(=O)[O-])C(=O)[O-].[Mg+2].[Na+].[Na+].[Na+].[Na+].[Na+].[Na+]. The smallest absolute Gasteiger partial charge is 0.550 e. The molecule has 148 valence electrons. The molecule has 0 aliphatic rings. The van der Waals surface area contributed by atoms with E-state index < -0.39 is 72.7 Å². The van der Waals surface area contributed by atoms with Gasteiger partial charge in [-0.1, -0.05) is 0 Å². The normalized spacial score (nSPS) is 8.55. The Morgan fingerprint density at radius 1 is 0.455 bits per heavy atom. The van der Waals surface area contributed by atoms with E-state index in [1.165, 1.54) is 0 Å². The molecule has 0 saturated carbocycles. The Balaban J connectivity index is -0.0000000411. The maximum Gasteiger partial charge on any atom is 2.00 e. The Morgan fingerprint density at radius 3 is 0.636 bits per heavy atom. The molecule has 0 unspecified atom stereocenters. The van der Waals surface area contributed by atoms with Crippen LogP contribution in [0.3, 0.4) is 0 Å². The zero-order chi connectivity index (χ0) is 21.3. The van der Waals surface area contributed by atoms with Crippen LogP contribution >= 0.6 is 0 Å². The van der Waals surface area contributed by atoms with Gasteiger partial charge in [0.1, 0.15) is 11.2 Å². The molecule has 0 spiro atoms. The van der Waals surface area contributed by atoms with Crippen molar-refractivity contribution in [3.05, 3.63) is 0 Å². The van der Waals surface area contributed by atoms with E-state index in [1.54, 1.807) is 0 Å². The summed E-state index contributed by atoms with van der Waals surface area (Å²) < 4.78 is 0. The molecule has 0 aromatic rings. The van der Waals surface area contributed by atoms with Gasteiger partial charge < -0.3 is 69.6 Å². The molecule has 0 rings (SSSR count). The van der Waals surface area contributed by atoms with E-state index >= 15 is 0 Å². The number of carboxylic acids is 6. The fourth-order valence-electron chi connectivity index (χ4n) is 1.37. The van der Waals surface area contributed by atoms with Gasteiger partial charge in [-0.15, -0.1) is 0 Å². The number of hydrogen-bond acceptors (Lipinski definition) is 14. The molecule has 0 aliphatic carbocycles. The van der Waals surface area contributed by atoms with Crippen LogP contribution in [0.5, 0.6) is 0 Å². The van der Waals surface area contributed by atoms with Crippen LogP contribution in [0.2, 0.25) is 0 Å². The van der Waals surface area contributed by atoms with Gasteiger partial charge in [0.25, 0.3) is 0 Å². The van der Waals surface area contributed by atoms with E-state index in [2.05, 4.69) is 0 Å². The molecule has 0 aromatic carbocycles. The molecule has 0 radical (unpaired) electrons. The molecular formula is C12H10MgNa6O14+2. The first-order valence-corrected chi connectivity index (χ1v) is 6.23. The molecule has 21 heteroatoms. The number of aliphatic hydroxyl groups is 2. The third-order valence-electron chi connectivity index (χ3n) is 2.51. The quantitative estimate of drug-likeness (QED) is 0.243. The Bertz CT molecular complexity index is 535. The Hall–Kier alpha value is 3.51. The third kappa shape index (κ3) is 31.6. The predicted molar refractivity (Wildman–Crippen MR) is 64.2 cm³/mol. The summed E-state index contributed by atoms with van der Waals surface area (Å²) in [4.78, 5) is 60.0. The van der Waals surface area contributed by atoms with E-state index in [-0.39, 0.29) is 200 Å². The summed E-state index contributed by atoms with van der Waals surface area (Å²) in [5.74, 6) is -12.0. The predicted octanol–water partition coefficient (Wildman–Crippen LogP) is -28.9. The average Bonchev–Trinajstić information content (AvgIpc) is 2.34. The number of hydrogen-bond donors (Lipinski definition) is 2. The number of rotatable bonds is 10. The number of carbonyl (C=O) groups excluding carboxylic acids is 6. The van der Waals surface area contributed by atoms with Gasteiger partial charge in [-0.2, -0.15) is 0 Å². The molecule has 0 saturated heterocycles. The first-order chi connectivity index (χ1) is 11.6. The topological polar surface area (TPSA) is 281 Å². The number of carboxylic acid groups (broad SMARTS) is 6. The van der Waals surface area contributed by atoms with Crippen molar-refractivity contribution in [1.82, 2.24) is 0 Å². The second kappa shape index (κ2) is 30.1. The third-order valence-corrected chi connectivity index (χ3v) is 2.51. The van der Waals surface area contributed by atoms with E-state index in [9.17, 15) is 59.4 Å². The maximum atomic E-state index is 10.1. The van der Waals surface area contributed by atoms with Crippen molar-refractivity contribution in [2.45, 2.75) is 36.9 Å². The van der Waals surface area contributed by atoms with Crippen molar-refractivity contribution in [2.24, 2.45) is 0 Å². The van der Waals surface area contributed by atoms with E-state index in [1.807, 2.05) is 0 Å². The van der Waals surface area contributed by atoms with Crippen LogP contribution in [0.15, 0.2) is 0 Å². The number of carbonyl (C=O) groups is 6. The van der Waals surface area contributed by atoms with Gasteiger partial charge in [0.2, 0.25) is 0 Å². The molecule has 0 heterocycles. The fourth-order valence-corrected chi connectivity index (χ4v) is 1.37. The van der Waals surface area contributed by atoms with Gasteiger partial charge >= 0.3 is 200 Å². The van der Waals surface area contributed by atoms with Gasteiger partial charge in [-0.05, 0) is 0 Å². The molecule has 0 amide bonds. The van der Waals surface area contributed by atoms with Crippen LogP contribution in [0, 0.1) is 0 Å². The van der Waals surface area contributed by atoms with Crippen molar-refractivity contribution in [3.63, 3.8) is 0 Å². The van der Waals surface area contributed by atoms with Crippen molar-refractivity contribution in [1.29, 1.82) is 0 Å². The minimum atomic E-state index is -2.97. The summed E-state index contributed by atoms with van der Waals surface area (Å²) in [7, 11) is 0. The second-order valence-corrected chi connectivity index (χ2v) is 4.83. The Kier molecular flexibility index (Phi) is 55.4. The van der Waals surface area contributed by atoms with Crippen LogP contribution in [0.4, 0.5) is 0 Å². The summed E-state index contributed by atoms with van der Waals surface area (Å²) in [6.45, 7) is 0. The Morgan fingerprint density at radius 2 is 0.576 bits per heavy atom. The first kappa shape index (κ1) is 60.8. The van der Waals surface area contributed by atoms with Crippen LogP contribution < -0.4 is 208 Å². The average molecular weight is 540 g/mol. The summed E-state index contributed by atoms with van der Waals surface area (Å²) in [6, 6.07) is 0. The van der Waals surface area contributed by atoms with Crippen LogP contribution in [-0.4, -0.2) is 80.3 Å². The molecule has 33 heavy (non-hydrogen) atoms. The van der Waals surface area contributed by atoms with Gasteiger partial charge in [0.05, 0.1) is 11.9 Å². The second-order valence-electron chi connectivity index (χ2n) is 4.83. The Labute approximate surface area is 336 Å². The first-order valence-electron chi connectivity index (χ1n) is 6.23. The maximum absolute atomic E-state index is 10.1. The van der Waals surface area contributed by atoms with Gasteiger partial charge in [0.15, 0.2) is 0 Å². The standard InChI is InChI=1S/2C6H8O7.Mg.6Na/c2*7-3(8)1-6(13,5(11)12)2-4(9)10;;;;;;;/h2*13H,1-2H2,(H,7,8)(H,9,10)(H,11,12);;;;;;;/q;;+2;6*+1/p-6. The van der Waals surface area contributed by atoms with Gasteiger partial charge in [0, 0.05) is 49.6 Å². The summed E-state index contributed by atoms with van der Waals surface area (Å²) in [5, 5.41) is 77.9. The minimum absolute atomic E-state index is 0. The molecule has 0 aromatic heterocycles. The van der Waals surface area contributed by atoms with Gasteiger partial charge in [-0.25, -0.2) is 0 Å². The molecular weight excluding hydrogens is 530 g/mol. The van der Waals surface area contributed by atoms with Crippen molar-refractivity contribution >= 4 is 58.9 Å².